The highest BCUT2D eigenvalue weighted by atomic mass is 16.1. The SMILES string of the molecule is CC1(C)CCCCC1C(=O)NCC1(CN)CCCCC1. The van der Waals surface area contributed by atoms with E-state index in [4.69, 9.17) is 5.73 Å². The Labute approximate surface area is 124 Å². The summed E-state index contributed by atoms with van der Waals surface area (Å²) in [7, 11) is 0. The largest absolute Gasteiger partial charge is 0.355 e. The quantitative estimate of drug-likeness (QED) is 0.830. The Balaban J connectivity index is 1.90. The van der Waals surface area contributed by atoms with Crippen molar-refractivity contribution in [1.29, 1.82) is 0 Å². The summed E-state index contributed by atoms with van der Waals surface area (Å²) < 4.78 is 0. The molecule has 3 N–H and O–H groups in total. The first kappa shape index (κ1) is 15.8. The van der Waals surface area contributed by atoms with Crippen molar-refractivity contribution in [2.24, 2.45) is 22.5 Å². The minimum absolute atomic E-state index is 0.158. The molecule has 2 aliphatic rings. The van der Waals surface area contributed by atoms with Gasteiger partial charge in [-0.05, 0) is 43.1 Å². The normalized spacial score (nSPS) is 28.9. The first-order valence-electron chi connectivity index (χ1n) is 8.47. The van der Waals surface area contributed by atoms with Crippen LogP contribution < -0.4 is 11.1 Å². The lowest BCUT2D eigenvalue weighted by molar-refractivity contribution is -0.130. The molecule has 116 valence electrons. The van der Waals surface area contributed by atoms with Gasteiger partial charge < -0.3 is 11.1 Å². The summed E-state index contributed by atoms with van der Waals surface area (Å²) in [4.78, 5) is 12.6. The van der Waals surface area contributed by atoms with Gasteiger partial charge in [-0.1, -0.05) is 46.0 Å². The van der Waals surface area contributed by atoms with E-state index in [1.165, 1.54) is 51.4 Å². The molecule has 1 unspecified atom stereocenters. The number of rotatable bonds is 4. The van der Waals surface area contributed by atoms with Crippen LogP contribution in [0.5, 0.6) is 0 Å². The second-order valence-electron chi connectivity index (χ2n) is 7.77. The molecule has 0 saturated heterocycles. The van der Waals surface area contributed by atoms with Gasteiger partial charge in [-0.2, -0.15) is 0 Å². The van der Waals surface area contributed by atoms with Crippen LogP contribution in [0.1, 0.15) is 71.6 Å². The Bertz CT molecular complexity index is 332. The molecule has 2 saturated carbocycles. The van der Waals surface area contributed by atoms with Crippen molar-refractivity contribution < 1.29 is 4.79 Å². The molecule has 0 heterocycles. The standard InChI is InChI=1S/C17H32N2O/c1-16(2)9-7-4-8-14(16)15(20)19-13-17(12-18)10-5-3-6-11-17/h14H,3-13,18H2,1-2H3,(H,19,20). The molecule has 0 aromatic heterocycles. The van der Waals surface area contributed by atoms with Crippen LogP contribution in [0.25, 0.3) is 0 Å². The third kappa shape index (κ3) is 3.55. The highest BCUT2D eigenvalue weighted by molar-refractivity contribution is 5.79. The van der Waals surface area contributed by atoms with E-state index >= 15 is 0 Å². The number of nitrogens with one attached hydrogen (secondary N) is 1. The summed E-state index contributed by atoms with van der Waals surface area (Å²) in [5.74, 6) is 0.461. The molecule has 1 amide bonds. The predicted molar refractivity (Wildman–Crippen MR) is 83.3 cm³/mol. The van der Waals surface area contributed by atoms with Crippen LogP contribution >= 0.6 is 0 Å². The third-order valence-electron chi connectivity index (χ3n) is 5.81. The molecule has 0 aliphatic heterocycles. The van der Waals surface area contributed by atoms with E-state index in [0.29, 0.717) is 6.54 Å². The Morgan fingerprint density at radius 3 is 2.35 bits per heavy atom. The lowest BCUT2D eigenvalue weighted by Crippen LogP contribution is -2.48. The van der Waals surface area contributed by atoms with Crippen LogP contribution in [0.3, 0.4) is 0 Å². The van der Waals surface area contributed by atoms with E-state index in [0.717, 1.165) is 13.0 Å². The molecule has 2 rings (SSSR count). The third-order valence-corrected chi connectivity index (χ3v) is 5.81. The molecular formula is C17H32N2O. The fraction of sp³-hybridized carbons (Fsp3) is 0.941. The fourth-order valence-corrected chi connectivity index (χ4v) is 4.13. The number of nitrogens with two attached hydrogens (primary N) is 1. The summed E-state index contributed by atoms with van der Waals surface area (Å²) in [5, 5.41) is 3.25. The second-order valence-corrected chi connectivity index (χ2v) is 7.77. The van der Waals surface area contributed by atoms with Crippen LogP contribution in [0.15, 0.2) is 0 Å². The van der Waals surface area contributed by atoms with E-state index in [1.807, 2.05) is 0 Å². The topological polar surface area (TPSA) is 55.1 Å². The summed E-state index contributed by atoms with van der Waals surface area (Å²) in [5.41, 5.74) is 6.34. The van der Waals surface area contributed by atoms with Crippen LogP contribution in [0.4, 0.5) is 0 Å². The molecular weight excluding hydrogens is 248 g/mol. The van der Waals surface area contributed by atoms with E-state index in [1.54, 1.807) is 0 Å². The Kier molecular flexibility index (Phi) is 5.11. The number of hydrogen-bond donors (Lipinski definition) is 2. The fourth-order valence-electron chi connectivity index (χ4n) is 4.13. The monoisotopic (exact) mass is 280 g/mol. The molecule has 0 aromatic carbocycles. The van der Waals surface area contributed by atoms with Gasteiger partial charge in [0.25, 0.3) is 0 Å². The molecule has 0 spiro atoms. The Morgan fingerprint density at radius 1 is 1.10 bits per heavy atom. The van der Waals surface area contributed by atoms with E-state index < -0.39 is 0 Å². The van der Waals surface area contributed by atoms with E-state index in [2.05, 4.69) is 19.2 Å². The lowest BCUT2D eigenvalue weighted by Gasteiger charge is -2.40. The Morgan fingerprint density at radius 2 is 1.75 bits per heavy atom. The summed E-state index contributed by atoms with van der Waals surface area (Å²) in [6.07, 6.45) is 10.9. The van der Waals surface area contributed by atoms with Crippen LogP contribution in [0, 0.1) is 16.7 Å². The van der Waals surface area contributed by atoms with Crippen LogP contribution in [-0.4, -0.2) is 19.0 Å². The predicted octanol–water partition coefficient (Wildman–Crippen LogP) is 3.23. The smallest absolute Gasteiger partial charge is 0.223 e. The van der Waals surface area contributed by atoms with Crippen LogP contribution in [0.2, 0.25) is 0 Å². The molecule has 2 aliphatic carbocycles. The van der Waals surface area contributed by atoms with Gasteiger partial charge in [-0.15, -0.1) is 0 Å². The minimum atomic E-state index is 0.158. The zero-order chi connectivity index (χ0) is 14.6. The van der Waals surface area contributed by atoms with Gasteiger partial charge in [0.05, 0.1) is 0 Å². The maximum Gasteiger partial charge on any atom is 0.223 e. The van der Waals surface area contributed by atoms with Crippen molar-refractivity contribution in [1.82, 2.24) is 5.32 Å². The maximum absolute atomic E-state index is 12.6. The first-order valence-corrected chi connectivity index (χ1v) is 8.47. The van der Waals surface area contributed by atoms with Crippen molar-refractivity contribution in [3.05, 3.63) is 0 Å². The van der Waals surface area contributed by atoms with Crippen molar-refractivity contribution in [2.75, 3.05) is 13.1 Å². The molecule has 0 bridgehead atoms. The average Bonchev–Trinajstić information content (AvgIpc) is 2.45. The van der Waals surface area contributed by atoms with Gasteiger partial charge in [0.15, 0.2) is 0 Å². The summed E-state index contributed by atoms with van der Waals surface area (Å²) >= 11 is 0. The van der Waals surface area contributed by atoms with Crippen molar-refractivity contribution in [2.45, 2.75) is 71.6 Å². The lowest BCUT2D eigenvalue weighted by atomic mass is 9.68. The number of hydrogen-bond acceptors (Lipinski definition) is 2. The minimum Gasteiger partial charge on any atom is -0.355 e. The maximum atomic E-state index is 12.6. The van der Waals surface area contributed by atoms with Gasteiger partial charge >= 0.3 is 0 Å². The Hall–Kier alpha value is -0.570. The highest BCUT2D eigenvalue weighted by Crippen LogP contribution is 2.41. The van der Waals surface area contributed by atoms with Gasteiger partial charge in [-0.25, -0.2) is 0 Å². The summed E-state index contributed by atoms with van der Waals surface area (Å²) in [6.45, 7) is 5.99. The number of carbonyl (C=O) groups is 1. The first-order chi connectivity index (χ1) is 9.49. The highest BCUT2D eigenvalue weighted by Gasteiger charge is 2.38. The van der Waals surface area contributed by atoms with Gasteiger partial charge in [0.1, 0.15) is 0 Å². The van der Waals surface area contributed by atoms with Gasteiger partial charge in [0.2, 0.25) is 5.91 Å². The zero-order valence-electron chi connectivity index (χ0n) is 13.3. The van der Waals surface area contributed by atoms with Crippen molar-refractivity contribution >= 4 is 5.91 Å². The average molecular weight is 280 g/mol. The zero-order valence-corrected chi connectivity index (χ0v) is 13.3. The molecule has 2 fully saturated rings. The van der Waals surface area contributed by atoms with E-state index in [-0.39, 0.29) is 22.7 Å². The number of carbonyl (C=O) groups excluding carboxylic acids is 1. The molecule has 3 heteroatoms. The van der Waals surface area contributed by atoms with Crippen molar-refractivity contribution in [3.8, 4) is 0 Å². The molecule has 0 aromatic rings. The van der Waals surface area contributed by atoms with Gasteiger partial charge in [-0.3, -0.25) is 4.79 Å². The van der Waals surface area contributed by atoms with Crippen molar-refractivity contribution in [3.63, 3.8) is 0 Å². The molecule has 3 nitrogen and oxygen atoms in total. The van der Waals surface area contributed by atoms with Crippen LogP contribution in [-0.2, 0) is 4.79 Å². The summed E-state index contributed by atoms with van der Waals surface area (Å²) in [6, 6.07) is 0. The van der Waals surface area contributed by atoms with E-state index in [9.17, 15) is 4.79 Å². The molecule has 1 atom stereocenters. The number of amides is 1. The second kappa shape index (κ2) is 6.46. The van der Waals surface area contributed by atoms with Gasteiger partial charge in [0, 0.05) is 12.5 Å². The molecule has 0 radical (unpaired) electrons. The molecule has 20 heavy (non-hydrogen) atoms.